The molecule has 3 nitrogen and oxygen atoms in total. The van der Waals surface area contributed by atoms with Crippen molar-refractivity contribution in [3.8, 4) is 0 Å². The lowest BCUT2D eigenvalue weighted by Crippen LogP contribution is -2.47. The van der Waals surface area contributed by atoms with E-state index in [9.17, 15) is 4.79 Å². The number of carbonyl (C=O) groups excluding carboxylic acids is 1. The van der Waals surface area contributed by atoms with Gasteiger partial charge in [-0.1, -0.05) is 6.42 Å². The van der Waals surface area contributed by atoms with Crippen LogP contribution >= 0.6 is 0 Å². The number of nitrogens with zero attached hydrogens (tertiary/aromatic N) is 1. The Morgan fingerprint density at radius 1 is 1.24 bits per heavy atom. The van der Waals surface area contributed by atoms with Crippen molar-refractivity contribution in [1.29, 1.82) is 0 Å². The third kappa shape index (κ3) is 2.29. The van der Waals surface area contributed by atoms with Crippen molar-refractivity contribution < 1.29 is 4.79 Å². The summed E-state index contributed by atoms with van der Waals surface area (Å²) >= 11 is 0. The van der Waals surface area contributed by atoms with E-state index in [2.05, 4.69) is 5.32 Å². The van der Waals surface area contributed by atoms with Gasteiger partial charge in [0.2, 0.25) is 0 Å². The fourth-order valence-electron chi connectivity index (χ4n) is 3.87. The molecule has 0 spiro atoms. The summed E-state index contributed by atoms with van der Waals surface area (Å²) in [6, 6.07) is 0.613. The van der Waals surface area contributed by atoms with Crippen LogP contribution < -0.4 is 5.32 Å². The fraction of sp³-hybridized carbons (Fsp3) is 0.929. The molecule has 2 amide bonds. The summed E-state index contributed by atoms with van der Waals surface area (Å²) in [7, 11) is 1.96. The summed E-state index contributed by atoms with van der Waals surface area (Å²) in [5, 5.41) is 3.12. The van der Waals surface area contributed by atoms with E-state index in [1.165, 1.54) is 44.9 Å². The maximum atomic E-state index is 12.0. The summed E-state index contributed by atoms with van der Waals surface area (Å²) in [5.41, 5.74) is 0. The molecule has 3 aliphatic rings. The minimum atomic E-state index is 0.150. The van der Waals surface area contributed by atoms with Crippen molar-refractivity contribution in [3.05, 3.63) is 0 Å². The highest BCUT2D eigenvalue weighted by atomic mass is 16.2. The van der Waals surface area contributed by atoms with Gasteiger partial charge in [-0.3, -0.25) is 0 Å². The van der Waals surface area contributed by atoms with Gasteiger partial charge in [0.05, 0.1) is 0 Å². The van der Waals surface area contributed by atoms with Crippen LogP contribution in [0.2, 0.25) is 0 Å². The average Bonchev–Trinajstić information content (AvgIpc) is 2.84. The summed E-state index contributed by atoms with van der Waals surface area (Å²) in [4.78, 5) is 13.9. The van der Waals surface area contributed by atoms with E-state index in [1.807, 2.05) is 11.9 Å². The molecular weight excluding hydrogens is 212 g/mol. The zero-order valence-corrected chi connectivity index (χ0v) is 10.8. The maximum absolute atomic E-state index is 12.0. The van der Waals surface area contributed by atoms with Gasteiger partial charge in [-0.25, -0.2) is 4.79 Å². The quantitative estimate of drug-likeness (QED) is 0.802. The Balaban J connectivity index is 1.45. The van der Waals surface area contributed by atoms with Crippen molar-refractivity contribution in [2.24, 2.45) is 17.8 Å². The van der Waals surface area contributed by atoms with Crippen molar-refractivity contribution in [2.45, 2.75) is 51.0 Å². The van der Waals surface area contributed by atoms with E-state index in [0.29, 0.717) is 6.04 Å². The number of nitrogens with one attached hydrogen (secondary N) is 1. The number of hydrogen-bond acceptors (Lipinski definition) is 1. The molecule has 1 N–H and O–H groups in total. The first-order chi connectivity index (χ1) is 8.22. The number of carbonyl (C=O) groups is 1. The number of amides is 2. The monoisotopic (exact) mass is 236 g/mol. The molecule has 0 aromatic rings. The zero-order valence-electron chi connectivity index (χ0n) is 10.8. The molecule has 17 heavy (non-hydrogen) atoms. The van der Waals surface area contributed by atoms with E-state index in [4.69, 9.17) is 0 Å². The lowest BCUT2D eigenvalue weighted by Gasteiger charge is -2.31. The molecule has 0 saturated heterocycles. The molecule has 0 aliphatic heterocycles. The smallest absolute Gasteiger partial charge is 0.317 e. The largest absolute Gasteiger partial charge is 0.335 e. The Morgan fingerprint density at radius 2 is 2.06 bits per heavy atom. The van der Waals surface area contributed by atoms with Crippen LogP contribution in [0.25, 0.3) is 0 Å². The van der Waals surface area contributed by atoms with Gasteiger partial charge < -0.3 is 10.2 Å². The zero-order chi connectivity index (χ0) is 11.8. The Kier molecular flexibility index (Phi) is 3.01. The highest BCUT2D eigenvalue weighted by Crippen LogP contribution is 2.48. The predicted molar refractivity (Wildman–Crippen MR) is 67.7 cm³/mol. The van der Waals surface area contributed by atoms with Crippen molar-refractivity contribution in [2.75, 3.05) is 13.6 Å². The number of rotatable bonds is 3. The molecule has 3 unspecified atom stereocenters. The van der Waals surface area contributed by atoms with E-state index in [1.54, 1.807) is 0 Å². The Morgan fingerprint density at radius 3 is 2.59 bits per heavy atom. The van der Waals surface area contributed by atoms with Gasteiger partial charge in [-0.2, -0.15) is 0 Å². The molecule has 0 heterocycles. The summed E-state index contributed by atoms with van der Waals surface area (Å²) in [6.07, 6.45) is 9.28. The average molecular weight is 236 g/mol. The molecule has 3 atom stereocenters. The molecule has 2 bridgehead atoms. The SMILES string of the molecule is CN(CC1CC2CCC1C2)C(=O)NC1CCC1. The molecule has 0 aromatic heterocycles. The first-order valence-electron chi connectivity index (χ1n) is 7.24. The maximum Gasteiger partial charge on any atom is 0.317 e. The standard InChI is InChI=1S/C14H24N2O/c1-16(14(17)15-13-3-2-4-13)9-12-8-10-5-6-11(12)7-10/h10-13H,2-9H2,1H3,(H,15,17). The van der Waals surface area contributed by atoms with E-state index in [-0.39, 0.29) is 6.03 Å². The van der Waals surface area contributed by atoms with Gasteiger partial charge in [0.15, 0.2) is 0 Å². The van der Waals surface area contributed by atoms with Gasteiger partial charge in [0.25, 0.3) is 0 Å². The minimum absolute atomic E-state index is 0.150. The van der Waals surface area contributed by atoms with Gasteiger partial charge in [0.1, 0.15) is 0 Å². The number of urea groups is 1. The third-order valence-corrected chi connectivity index (χ3v) is 5.17. The van der Waals surface area contributed by atoms with E-state index < -0.39 is 0 Å². The van der Waals surface area contributed by atoms with Gasteiger partial charge in [-0.05, 0) is 56.3 Å². The highest BCUT2D eigenvalue weighted by molar-refractivity contribution is 5.74. The van der Waals surface area contributed by atoms with Crippen LogP contribution in [0.1, 0.15) is 44.9 Å². The molecule has 3 fully saturated rings. The van der Waals surface area contributed by atoms with Gasteiger partial charge >= 0.3 is 6.03 Å². The highest BCUT2D eigenvalue weighted by Gasteiger charge is 2.40. The predicted octanol–water partition coefficient (Wildman–Crippen LogP) is 2.62. The Labute approximate surface area is 104 Å². The molecule has 96 valence electrons. The first kappa shape index (κ1) is 11.4. The molecule has 3 rings (SSSR count). The van der Waals surface area contributed by atoms with Crippen LogP contribution in [0, 0.1) is 17.8 Å². The molecule has 3 heteroatoms. The van der Waals surface area contributed by atoms with Crippen LogP contribution in [0.5, 0.6) is 0 Å². The summed E-state index contributed by atoms with van der Waals surface area (Å²) in [6.45, 7) is 0.972. The summed E-state index contributed by atoms with van der Waals surface area (Å²) in [5.74, 6) is 2.68. The van der Waals surface area contributed by atoms with Crippen LogP contribution in [-0.2, 0) is 0 Å². The van der Waals surface area contributed by atoms with Crippen LogP contribution in [-0.4, -0.2) is 30.6 Å². The summed E-state index contributed by atoms with van der Waals surface area (Å²) < 4.78 is 0. The number of fused-ring (bicyclic) bond motifs is 2. The van der Waals surface area contributed by atoms with Gasteiger partial charge in [0, 0.05) is 19.6 Å². The second kappa shape index (κ2) is 4.51. The lowest BCUT2D eigenvalue weighted by molar-refractivity contribution is 0.178. The normalized spacial score (nSPS) is 35.7. The molecule has 0 radical (unpaired) electrons. The van der Waals surface area contributed by atoms with Crippen molar-refractivity contribution in [3.63, 3.8) is 0 Å². The van der Waals surface area contributed by atoms with Crippen LogP contribution in [0.4, 0.5) is 4.79 Å². The first-order valence-corrected chi connectivity index (χ1v) is 7.24. The molecule has 3 aliphatic carbocycles. The lowest BCUT2D eigenvalue weighted by atomic mass is 9.88. The minimum Gasteiger partial charge on any atom is -0.335 e. The topological polar surface area (TPSA) is 32.3 Å². The second-order valence-electron chi connectivity index (χ2n) is 6.39. The van der Waals surface area contributed by atoms with Crippen LogP contribution in [0.3, 0.4) is 0 Å². The fourth-order valence-corrected chi connectivity index (χ4v) is 3.87. The van der Waals surface area contributed by atoms with Crippen molar-refractivity contribution >= 4 is 6.03 Å². The third-order valence-electron chi connectivity index (χ3n) is 5.17. The Hall–Kier alpha value is -0.730. The second-order valence-corrected chi connectivity index (χ2v) is 6.39. The molecular formula is C14H24N2O. The van der Waals surface area contributed by atoms with E-state index >= 15 is 0 Å². The molecule has 0 aromatic carbocycles. The molecule has 3 saturated carbocycles. The van der Waals surface area contributed by atoms with Gasteiger partial charge in [-0.15, -0.1) is 0 Å². The van der Waals surface area contributed by atoms with Crippen LogP contribution in [0.15, 0.2) is 0 Å². The van der Waals surface area contributed by atoms with E-state index in [0.717, 1.165) is 24.3 Å². The number of hydrogen-bond donors (Lipinski definition) is 1. The Bertz CT molecular complexity index is 301. The van der Waals surface area contributed by atoms with Crippen molar-refractivity contribution in [1.82, 2.24) is 10.2 Å².